The summed E-state index contributed by atoms with van der Waals surface area (Å²) in [6, 6.07) is 11.4. The molecule has 6 nitrogen and oxygen atoms in total. The van der Waals surface area contributed by atoms with Gasteiger partial charge in [-0.15, -0.1) is 0 Å². The van der Waals surface area contributed by atoms with Crippen LogP contribution in [0.25, 0.3) is 27.7 Å². The third-order valence-electron chi connectivity index (χ3n) is 6.16. The Morgan fingerprint density at radius 1 is 1.12 bits per heavy atom. The van der Waals surface area contributed by atoms with Crippen LogP contribution in [0.3, 0.4) is 0 Å². The third kappa shape index (κ3) is 4.76. The van der Waals surface area contributed by atoms with Gasteiger partial charge in [-0.05, 0) is 49.1 Å². The number of methoxy groups -OCH3 is 2. The van der Waals surface area contributed by atoms with E-state index < -0.39 is 0 Å². The van der Waals surface area contributed by atoms with E-state index in [2.05, 4.69) is 0 Å². The number of furan rings is 1. The number of likely N-dealkylation sites (tertiary alicyclic amines) is 1. The summed E-state index contributed by atoms with van der Waals surface area (Å²) in [5.41, 5.74) is 4.23. The Hall–Kier alpha value is -3.25. The van der Waals surface area contributed by atoms with Crippen molar-refractivity contribution < 1.29 is 23.5 Å². The summed E-state index contributed by atoms with van der Waals surface area (Å²) in [5.74, 6) is 0.205. The summed E-state index contributed by atoms with van der Waals surface area (Å²) in [6.45, 7) is 2.95. The molecule has 0 bridgehead atoms. The van der Waals surface area contributed by atoms with Gasteiger partial charge in [0.2, 0.25) is 5.91 Å². The molecule has 0 saturated carbocycles. The number of carbonyl (C=O) groups is 2. The molecule has 0 radical (unpaired) electrons. The number of rotatable bonds is 5. The summed E-state index contributed by atoms with van der Waals surface area (Å²) in [5, 5.41) is 1.59. The molecule has 172 valence electrons. The van der Waals surface area contributed by atoms with E-state index in [0.29, 0.717) is 42.3 Å². The fourth-order valence-electron chi connectivity index (χ4n) is 4.24. The molecule has 1 aliphatic heterocycles. The van der Waals surface area contributed by atoms with Gasteiger partial charge in [0.05, 0.1) is 26.4 Å². The topological polar surface area (TPSA) is 69.0 Å². The van der Waals surface area contributed by atoms with E-state index in [1.54, 1.807) is 24.3 Å². The first-order valence-electron chi connectivity index (χ1n) is 10.8. The summed E-state index contributed by atoms with van der Waals surface area (Å²) in [4.78, 5) is 26.4. The Kier molecular flexibility index (Phi) is 6.75. The van der Waals surface area contributed by atoms with Crippen molar-refractivity contribution in [2.75, 3.05) is 27.3 Å². The maximum absolute atomic E-state index is 12.9. The van der Waals surface area contributed by atoms with Crippen molar-refractivity contribution >= 4 is 40.0 Å². The van der Waals surface area contributed by atoms with E-state index in [1.807, 2.05) is 43.3 Å². The second kappa shape index (κ2) is 9.71. The fourth-order valence-corrected chi connectivity index (χ4v) is 4.37. The van der Waals surface area contributed by atoms with Gasteiger partial charge in [-0.25, -0.2) is 0 Å². The smallest absolute Gasteiger partial charge is 0.308 e. The highest BCUT2D eigenvalue weighted by atomic mass is 35.5. The average molecular weight is 468 g/mol. The van der Waals surface area contributed by atoms with Crippen LogP contribution in [0, 0.1) is 5.92 Å². The highest BCUT2D eigenvalue weighted by Gasteiger charge is 2.27. The van der Waals surface area contributed by atoms with Crippen LogP contribution in [0.2, 0.25) is 5.02 Å². The predicted octanol–water partition coefficient (Wildman–Crippen LogP) is 5.58. The maximum atomic E-state index is 12.9. The molecule has 1 amide bonds. The van der Waals surface area contributed by atoms with Gasteiger partial charge >= 0.3 is 5.97 Å². The Morgan fingerprint density at radius 3 is 2.45 bits per heavy atom. The molecule has 33 heavy (non-hydrogen) atoms. The minimum absolute atomic E-state index is 0.0805. The number of benzene rings is 2. The quantitative estimate of drug-likeness (QED) is 0.362. The van der Waals surface area contributed by atoms with Crippen LogP contribution in [0.4, 0.5) is 0 Å². The lowest BCUT2D eigenvalue weighted by molar-refractivity contribution is -0.148. The first kappa shape index (κ1) is 22.9. The van der Waals surface area contributed by atoms with E-state index in [1.165, 1.54) is 7.11 Å². The van der Waals surface area contributed by atoms with Gasteiger partial charge in [-0.3, -0.25) is 9.59 Å². The van der Waals surface area contributed by atoms with Gasteiger partial charge in [0, 0.05) is 46.8 Å². The molecule has 0 aliphatic carbocycles. The van der Waals surface area contributed by atoms with Crippen molar-refractivity contribution in [3.05, 3.63) is 59.3 Å². The predicted molar refractivity (Wildman–Crippen MR) is 128 cm³/mol. The number of esters is 1. The molecule has 1 aliphatic rings. The van der Waals surface area contributed by atoms with Gasteiger partial charge in [0.25, 0.3) is 0 Å². The normalized spacial score (nSPS) is 15.0. The van der Waals surface area contributed by atoms with Gasteiger partial charge in [-0.1, -0.05) is 23.7 Å². The summed E-state index contributed by atoms with van der Waals surface area (Å²) >= 11 is 6.03. The second-order valence-corrected chi connectivity index (χ2v) is 8.59. The Labute approximate surface area is 197 Å². The van der Waals surface area contributed by atoms with Crippen molar-refractivity contribution in [2.24, 2.45) is 5.92 Å². The Balaban J connectivity index is 1.61. The lowest BCUT2D eigenvalue weighted by Gasteiger charge is -2.30. The zero-order valence-electron chi connectivity index (χ0n) is 18.9. The number of allylic oxidation sites excluding steroid dienone is 1. The lowest BCUT2D eigenvalue weighted by atomic mass is 9.96. The van der Waals surface area contributed by atoms with Crippen LogP contribution < -0.4 is 4.74 Å². The number of halogens is 1. The van der Waals surface area contributed by atoms with Crippen LogP contribution >= 0.6 is 11.6 Å². The van der Waals surface area contributed by atoms with Crippen molar-refractivity contribution in [3.8, 4) is 16.9 Å². The summed E-state index contributed by atoms with van der Waals surface area (Å²) in [7, 11) is 2.99. The number of fused-ring (bicyclic) bond motifs is 1. The lowest BCUT2D eigenvalue weighted by Crippen LogP contribution is -2.39. The minimum atomic E-state index is -0.205. The molecule has 7 heteroatoms. The number of amides is 1. The van der Waals surface area contributed by atoms with Gasteiger partial charge in [0.15, 0.2) is 0 Å². The molecule has 0 unspecified atom stereocenters. The Morgan fingerprint density at radius 2 is 1.82 bits per heavy atom. The van der Waals surface area contributed by atoms with Gasteiger partial charge in [0.1, 0.15) is 11.3 Å². The summed E-state index contributed by atoms with van der Waals surface area (Å²) < 4.78 is 16.2. The van der Waals surface area contributed by atoms with Gasteiger partial charge < -0.3 is 18.8 Å². The molecule has 4 rings (SSSR count). The first-order chi connectivity index (χ1) is 15.9. The molecule has 1 fully saturated rings. The first-order valence-corrected chi connectivity index (χ1v) is 11.2. The number of nitrogens with zero attached hydrogens (tertiary/aromatic N) is 1. The zero-order valence-corrected chi connectivity index (χ0v) is 19.6. The molecule has 0 spiro atoms. The van der Waals surface area contributed by atoms with Crippen LogP contribution in [-0.4, -0.2) is 44.1 Å². The third-order valence-corrected chi connectivity index (χ3v) is 6.41. The molecule has 0 N–H and O–H groups in total. The van der Waals surface area contributed by atoms with Crippen molar-refractivity contribution in [1.29, 1.82) is 0 Å². The number of piperidine rings is 1. The second-order valence-electron chi connectivity index (χ2n) is 8.15. The minimum Gasteiger partial charge on any atom is -0.496 e. The number of ether oxygens (including phenoxy) is 2. The monoisotopic (exact) mass is 467 g/mol. The number of hydrogen-bond donors (Lipinski definition) is 0. The maximum Gasteiger partial charge on any atom is 0.308 e. The van der Waals surface area contributed by atoms with E-state index in [-0.39, 0.29) is 17.8 Å². The van der Waals surface area contributed by atoms with E-state index >= 15 is 0 Å². The molecular formula is C26H26ClNO5. The SMILES string of the molecule is COC(=O)C1CCN(C(=O)/C=C(\C)c2cc3c(-c4ccc(Cl)cc4)coc3cc2OC)CC1. The molecule has 0 atom stereocenters. The van der Waals surface area contributed by atoms with Crippen LogP contribution in [0.5, 0.6) is 5.75 Å². The van der Waals surface area contributed by atoms with Crippen LogP contribution in [0.1, 0.15) is 25.3 Å². The standard InChI is InChI=1S/C26H26ClNO5/c1-16(12-25(29)28-10-8-18(9-11-28)26(30)32-3)20-13-21-22(17-4-6-19(27)7-5-17)15-33-24(21)14-23(20)31-2/h4-7,12-15,18H,8-11H2,1-3H3/b16-12+. The van der Waals surface area contributed by atoms with Crippen molar-refractivity contribution in [1.82, 2.24) is 4.90 Å². The van der Waals surface area contributed by atoms with E-state index in [9.17, 15) is 9.59 Å². The Bertz CT molecular complexity index is 1200. The fraction of sp³-hybridized carbons (Fsp3) is 0.308. The summed E-state index contributed by atoms with van der Waals surface area (Å²) in [6.07, 6.45) is 4.57. The van der Waals surface area contributed by atoms with Crippen LogP contribution in [0.15, 0.2) is 53.2 Å². The van der Waals surface area contributed by atoms with Crippen LogP contribution in [-0.2, 0) is 14.3 Å². The van der Waals surface area contributed by atoms with Crippen molar-refractivity contribution in [3.63, 3.8) is 0 Å². The number of hydrogen-bond acceptors (Lipinski definition) is 5. The largest absolute Gasteiger partial charge is 0.496 e. The van der Waals surface area contributed by atoms with E-state index in [0.717, 1.165) is 27.6 Å². The molecule has 1 aromatic heterocycles. The zero-order chi connectivity index (χ0) is 23.5. The molecule has 1 saturated heterocycles. The average Bonchev–Trinajstić information content (AvgIpc) is 3.26. The molecular weight excluding hydrogens is 442 g/mol. The number of carbonyl (C=O) groups excluding carboxylic acids is 2. The highest BCUT2D eigenvalue weighted by molar-refractivity contribution is 6.30. The van der Waals surface area contributed by atoms with Gasteiger partial charge in [-0.2, -0.15) is 0 Å². The molecule has 2 heterocycles. The molecule has 3 aromatic rings. The van der Waals surface area contributed by atoms with Crippen molar-refractivity contribution in [2.45, 2.75) is 19.8 Å². The molecule has 2 aromatic carbocycles. The highest BCUT2D eigenvalue weighted by Crippen LogP contribution is 2.37. The van der Waals surface area contributed by atoms with E-state index in [4.69, 9.17) is 25.5 Å².